The van der Waals surface area contributed by atoms with Crippen LogP contribution in [0.5, 0.6) is 0 Å². The summed E-state index contributed by atoms with van der Waals surface area (Å²) in [5.74, 6) is 0.770. The molecule has 0 amide bonds. The summed E-state index contributed by atoms with van der Waals surface area (Å²) in [5, 5.41) is 3.48. The van der Waals surface area contributed by atoms with Crippen LogP contribution in [0, 0.1) is 5.92 Å². The van der Waals surface area contributed by atoms with Crippen molar-refractivity contribution in [1.82, 2.24) is 10.2 Å². The van der Waals surface area contributed by atoms with Gasteiger partial charge >= 0.3 is 0 Å². The number of rotatable bonds is 9. The van der Waals surface area contributed by atoms with E-state index in [4.69, 9.17) is 0 Å². The molecular formula is C16H28N2S. The average molecular weight is 280 g/mol. The van der Waals surface area contributed by atoms with Gasteiger partial charge in [-0.3, -0.25) is 4.90 Å². The van der Waals surface area contributed by atoms with Crippen molar-refractivity contribution < 1.29 is 0 Å². The van der Waals surface area contributed by atoms with Crippen molar-refractivity contribution in [3.8, 4) is 0 Å². The Balaban J connectivity index is 1.83. The van der Waals surface area contributed by atoms with Crippen LogP contribution in [0.4, 0.5) is 0 Å². The monoisotopic (exact) mass is 280 g/mol. The van der Waals surface area contributed by atoms with Crippen LogP contribution >= 0.6 is 11.3 Å². The molecule has 19 heavy (non-hydrogen) atoms. The first-order valence-corrected chi connectivity index (χ1v) is 8.53. The molecule has 108 valence electrons. The molecule has 0 aliphatic heterocycles. The minimum absolute atomic E-state index is 0.770. The number of hydrogen-bond acceptors (Lipinski definition) is 3. The van der Waals surface area contributed by atoms with Crippen LogP contribution in [0.3, 0.4) is 0 Å². The largest absolute Gasteiger partial charge is 0.312 e. The second-order valence-electron chi connectivity index (χ2n) is 6.10. The number of nitrogens with one attached hydrogen (secondary N) is 1. The zero-order valence-corrected chi connectivity index (χ0v) is 13.4. The van der Waals surface area contributed by atoms with Gasteiger partial charge in [0.1, 0.15) is 0 Å². The maximum Gasteiger partial charge on any atom is 0.0331 e. The van der Waals surface area contributed by atoms with Gasteiger partial charge in [0.25, 0.3) is 0 Å². The third-order valence-electron chi connectivity index (χ3n) is 3.47. The van der Waals surface area contributed by atoms with E-state index in [2.05, 4.69) is 43.1 Å². The predicted molar refractivity (Wildman–Crippen MR) is 84.6 cm³/mol. The van der Waals surface area contributed by atoms with Gasteiger partial charge in [-0.2, -0.15) is 0 Å². The lowest BCUT2D eigenvalue weighted by atomic mass is 10.2. The predicted octanol–water partition coefficient (Wildman–Crippen LogP) is 3.87. The Morgan fingerprint density at radius 1 is 1.32 bits per heavy atom. The molecule has 2 nitrogen and oxygen atoms in total. The van der Waals surface area contributed by atoms with E-state index in [1.54, 1.807) is 0 Å². The maximum absolute atomic E-state index is 3.48. The van der Waals surface area contributed by atoms with E-state index in [0.29, 0.717) is 0 Å². The van der Waals surface area contributed by atoms with Gasteiger partial charge in [0, 0.05) is 35.4 Å². The molecule has 0 atom stereocenters. The fourth-order valence-corrected chi connectivity index (χ4v) is 3.46. The quantitative estimate of drug-likeness (QED) is 0.691. The molecule has 0 radical (unpaired) electrons. The summed E-state index contributed by atoms with van der Waals surface area (Å²) in [5.41, 5.74) is 0. The fraction of sp³-hybridized carbons (Fsp3) is 0.750. The van der Waals surface area contributed by atoms with Gasteiger partial charge in [-0.05, 0) is 43.9 Å². The maximum atomic E-state index is 3.48. The van der Waals surface area contributed by atoms with Gasteiger partial charge in [0.15, 0.2) is 0 Å². The molecule has 1 saturated carbocycles. The molecule has 0 unspecified atom stereocenters. The van der Waals surface area contributed by atoms with Crippen LogP contribution in [0.25, 0.3) is 0 Å². The molecule has 3 heteroatoms. The van der Waals surface area contributed by atoms with E-state index in [1.165, 1.54) is 35.6 Å². The second-order valence-corrected chi connectivity index (χ2v) is 7.35. The fourth-order valence-electron chi connectivity index (χ4n) is 2.44. The standard InChI is InChI=1S/C16H28N2S/c1-4-9-17-10-15-7-8-16(19-15)12-18(11-13(2)3)14-5-6-14/h7-8,13-14,17H,4-6,9-12H2,1-3H3. The van der Waals surface area contributed by atoms with Crippen molar-refractivity contribution in [2.45, 2.75) is 59.2 Å². The third kappa shape index (κ3) is 5.25. The van der Waals surface area contributed by atoms with Crippen LogP contribution in [0.1, 0.15) is 49.8 Å². The van der Waals surface area contributed by atoms with Gasteiger partial charge in [0.2, 0.25) is 0 Å². The highest BCUT2D eigenvalue weighted by atomic mass is 32.1. The highest BCUT2D eigenvalue weighted by Gasteiger charge is 2.29. The Kier molecular flexibility index (Phi) is 5.86. The first-order chi connectivity index (χ1) is 9.19. The molecule has 0 bridgehead atoms. The molecule has 0 saturated heterocycles. The number of nitrogens with zero attached hydrogens (tertiary/aromatic N) is 1. The number of thiophene rings is 1. The average Bonchev–Trinajstić information content (AvgIpc) is 3.11. The summed E-state index contributed by atoms with van der Waals surface area (Å²) in [6.07, 6.45) is 4.02. The van der Waals surface area contributed by atoms with Gasteiger partial charge in [-0.25, -0.2) is 0 Å². The zero-order valence-electron chi connectivity index (χ0n) is 12.6. The lowest BCUT2D eigenvalue weighted by Crippen LogP contribution is -2.29. The van der Waals surface area contributed by atoms with Gasteiger partial charge in [0.05, 0.1) is 0 Å². The summed E-state index contributed by atoms with van der Waals surface area (Å²) < 4.78 is 0. The zero-order chi connectivity index (χ0) is 13.7. The van der Waals surface area contributed by atoms with E-state index in [0.717, 1.165) is 31.6 Å². The van der Waals surface area contributed by atoms with Crippen molar-refractivity contribution in [3.05, 3.63) is 21.9 Å². The smallest absolute Gasteiger partial charge is 0.0331 e. The lowest BCUT2D eigenvalue weighted by molar-refractivity contribution is 0.228. The molecule has 0 spiro atoms. The first kappa shape index (κ1) is 15.0. The Hall–Kier alpha value is -0.380. The Morgan fingerprint density at radius 3 is 2.68 bits per heavy atom. The molecule has 1 aliphatic carbocycles. The second kappa shape index (κ2) is 7.41. The number of hydrogen-bond donors (Lipinski definition) is 1. The molecule has 1 aromatic rings. The van der Waals surface area contributed by atoms with Gasteiger partial charge in [-0.1, -0.05) is 20.8 Å². The third-order valence-corrected chi connectivity index (χ3v) is 4.54. The molecule has 2 rings (SSSR count). The highest BCUT2D eigenvalue weighted by molar-refractivity contribution is 7.11. The van der Waals surface area contributed by atoms with Crippen molar-refractivity contribution in [1.29, 1.82) is 0 Å². The minimum atomic E-state index is 0.770. The molecule has 1 aromatic heterocycles. The molecule has 1 aliphatic rings. The van der Waals surface area contributed by atoms with Crippen molar-refractivity contribution in [2.75, 3.05) is 13.1 Å². The molecule has 1 N–H and O–H groups in total. The summed E-state index contributed by atoms with van der Waals surface area (Å²) in [6.45, 7) is 11.4. The van der Waals surface area contributed by atoms with E-state index in [-0.39, 0.29) is 0 Å². The van der Waals surface area contributed by atoms with Crippen molar-refractivity contribution in [2.24, 2.45) is 5.92 Å². The normalized spacial score (nSPS) is 15.6. The van der Waals surface area contributed by atoms with Crippen LogP contribution in [0.15, 0.2) is 12.1 Å². The van der Waals surface area contributed by atoms with E-state index in [1.807, 2.05) is 11.3 Å². The Morgan fingerprint density at radius 2 is 2.05 bits per heavy atom. The van der Waals surface area contributed by atoms with E-state index in [9.17, 15) is 0 Å². The lowest BCUT2D eigenvalue weighted by Gasteiger charge is -2.23. The van der Waals surface area contributed by atoms with Crippen LogP contribution in [-0.2, 0) is 13.1 Å². The molecular weight excluding hydrogens is 252 g/mol. The minimum Gasteiger partial charge on any atom is -0.312 e. The molecule has 1 fully saturated rings. The van der Waals surface area contributed by atoms with Crippen molar-refractivity contribution in [3.63, 3.8) is 0 Å². The summed E-state index contributed by atoms with van der Waals surface area (Å²) >= 11 is 1.98. The van der Waals surface area contributed by atoms with Gasteiger partial charge in [-0.15, -0.1) is 11.3 Å². The topological polar surface area (TPSA) is 15.3 Å². The molecule has 1 heterocycles. The molecule has 0 aromatic carbocycles. The van der Waals surface area contributed by atoms with Crippen LogP contribution in [0.2, 0.25) is 0 Å². The highest BCUT2D eigenvalue weighted by Crippen LogP contribution is 2.30. The van der Waals surface area contributed by atoms with Gasteiger partial charge < -0.3 is 5.32 Å². The summed E-state index contributed by atoms with van der Waals surface area (Å²) in [4.78, 5) is 5.68. The van der Waals surface area contributed by atoms with Crippen molar-refractivity contribution >= 4 is 11.3 Å². The Bertz CT molecular complexity index is 369. The Labute approximate surface area is 122 Å². The summed E-state index contributed by atoms with van der Waals surface area (Å²) in [7, 11) is 0. The van der Waals surface area contributed by atoms with Crippen LogP contribution < -0.4 is 5.32 Å². The summed E-state index contributed by atoms with van der Waals surface area (Å²) in [6, 6.07) is 5.48. The van der Waals surface area contributed by atoms with E-state index < -0.39 is 0 Å². The SMILES string of the molecule is CCCNCc1ccc(CN(CC(C)C)C2CC2)s1. The first-order valence-electron chi connectivity index (χ1n) is 7.71. The van der Waals surface area contributed by atoms with Crippen LogP contribution in [-0.4, -0.2) is 24.0 Å². The van der Waals surface area contributed by atoms with E-state index >= 15 is 0 Å².